The van der Waals surface area contributed by atoms with Gasteiger partial charge in [0.2, 0.25) is 35.4 Å². The van der Waals surface area contributed by atoms with E-state index in [-0.39, 0.29) is 69.7 Å². The van der Waals surface area contributed by atoms with E-state index in [1.165, 1.54) is 140 Å². The van der Waals surface area contributed by atoms with Gasteiger partial charge in [0.1, 0.15) is 31.3 Å². The van der Waals surface area contributed by atoms with Crippen molar-refractivity contribution in [3.63, 3.8) is 0 Å². The topological polar surface area (TPSA) is 340 Å². The number of hydrogen-bond donors (Lipinski definition) is 9. The van der Waals surface area contributed by atoms with Crippen LogP contribution in [-0.4, -0.2) is 134 Å². The van der Waals surface area contributed by atoms with Crippen LogP contribution in [0.2, 0.25) is 0 Å². The third-order valence-electron chi connectivity index (χ3n) is 15.5. The minimum atomic E-state index is -1.48. The third-order valence-corrected chi connectivity index (χ3v) is 15.5. The molecule has 23 heteroatoms. The first-order chi connectivity index (χ1) is 42.5. The van der Waals surface area contributed by atoms with Gasteiger partial charge in [-0.05, 0) is 49.8 Å². The lowest BCUT2D eigenvalue weighted by Crippen LogP contribution is -2.78. The molecule has 0 fully saturated rings. The monoisotopic (exact) mass is 1240 g/mol. The van der Waals surface area contributed by atoms with E-state index in [0.29, 0.717) is 24.8 Å². The Kier molecular flexibility index (Phi) is 43.1. The molecule has 0 spiro atoms. The maximum absolute atomic E-state index is 13.8. The first kappa shape index (κ1) is 77.3. The van der Waals surface area contributed by atoms with Crippen molar-refractivity contribution in [3.05, 3.63) is 35.4 Å². The van der Waals surface area contributed by atoms with Crippen LogP contribution in [0.15, 0.2) is 24.3 Å². The van der Waals surface area contributed by atoms with Crippen molar-refractivity contribution in [3.8, 4) is 0 Å². The number of nitrogens with zero attached hydrogens (tertiary/aromatic N) is 1. The fraction of sp³-hybridized carbons (Fsp3) is 0.738. The number of unbranched alkanes of at least 4 members (excludes halogenated alkanes) is 24. The highest BCUT2D eigenvalue weighted by Gasteiger charge is 2.33. The lowest BCUT2D eigenvalue weighted by molar-refractivity contribution is -0.459. The van der Waals surface area contributed by atoms with Crippen molar-refractivity contribution in [1.29, 1.82) is 0 Å². The molecule has 2 bridgehead atoms. The number of guanidine groups is 1. The van der Waals surface area contributed by atoms with Crippen LogP contribution in [0.5, 0.6) is 0 Å². The summed E-state index contributed by atoms with van der Waals surface area (Å²) in [5.74, 6) is -6.57. The molecular formula is C65H111N10O13+. The van der Waals surface area contributed by atoms with Crippen LogP contribution < -0.4 is 48.4 Å². The zero-order valence-electron chi connectivity index (χ0n) is 53.8. The second-order valence-corrected chi connectivity index (χ2v) is 23.2. The van der Waals surface area contributed by atoms with Crippen LogP contribution in [0, 0.1) is 0 Å². The van der Waals surface area contributed by atoms with Crippen molar-refractivity contribution >= 4 is 65.2 Å². The molecule has 0 aromatic heterocycles. The predicted octanol–water partition coefficient (Wildman–Crippen LogP) is 5.71. The van der Waals surface area contributed by atoms with E-state index in [9.17, 15) is 47.9 Å². The molecule has 1 aliphatic heterocycles. The zero-order valence-corrected chi connectivity index (χ0v) is 53.8. The second kappa shape index (κ2) is 49.1. The van der Waals surface area contributed by atoms with Gasteiger partial charge in [0.05, 0.1) is 32.6 Å². The standard InChI is InChI=1S/C65H110N10O13/c1-5-8-10-12-14-16-18-20-22-24-26-28-30-37-58(79)86-46-51(88-60(81)38-31-29-27-25-23-21-19-17-15-13-11-9-6-2)47-87-59(80)40-39-55(76)71-48-72-56(77)43-53-62(83)69-44-49-34-32-35-50(42-49)61(82)74-52(7-3)64(85)75(4)54(36-33-41-68-65(66)67)63(84)70-45-57(78)73-53/h32,34-35,42,51-54H,5-31,33,36-41,43-48H2,1-4H3,(H,69,83)(H,70,84)(H,71,76)(H,72,77)(H,73,78)(H,74,82)(H4,66,67,68)/p+1/t51?,52-,53+,54+/m1/s1. The number of hydrogen-bond acceptors (Lipinski definition) is 13. The maximum atomic E-state index is 13.8. The molecular weight excluding hydrogens is 1130 g/mol. The summed E-state index contributed by atoms with van der Waals surface area (Å²) in [6.45, 7) is 4.56. The van der Waals surface area contributed by atoms with Crippen molar-refractivity contribution in [1.82, 2.24) is 36.8 Å². The van der Waals surface area contributed by atoms with Crippen LogP contribution in [0.1, 0.15) is 255 Å². The summed E-state index contributed by atoms with van der Waals surface area (Å²) in [5.41, 5.74) is 11.7. The average molecular weight is 1240 g/mol. The number of amides is 7. The number of esters is 3. The Morgan fingerprint density at radius 1 is 0.591 bits per heavy atom. The van der Waals surface area contributed by atoms with Crippen molar-refractivity contribution in [2.75, 3.05) is 40.0 Å². The van der Waals surface area contributed by atoms with E-state index < -0.39 is 110 Å². The van der Waals surface area contributed by atoms with Gasteiger partial charge in [-0.25, -0.2) is 0 Å². The molecule has 498 valence electrons. The van der Waals surface area contributed by atoms with Gasteiger partial charge in [0.25, 0.3) is 5.91 Å². The Morgan fingerprint density at radius 3 is 1.62 bits per heavy atom. The van der Waals surface area contributed by atoms with Gasteiger partial charge in [0, 0.05) is 38.4 Å². The van der Waals surface area contributed by atoms with E-state index in [2.05, 4.69) is 50.7 Å². The molecule has 1 aliphatic rings. The number of nitrogens with one attached hydrogen (secondary N) is 7. The van der Waals surface area contributed by atoms with E-state index >= 15 is 0 Å². The van der Waals surface area contributed by atoms with Gasteiger partial charge in [-0.2, -0.15) is 0 Å². The summed E-state index contributed by atoms with van der Waals surface area (Å²) >= 11 is 0. The molecule has 1 aromatic rings. The summed E-state index contributed by atoms with van der Waals surface area (Å²) in [7, 11) is 1.41. The zero-order chi connectivity index (χ0) is 64.6. The van der Waals surface area contributed by atoms with E-state index in [0.717, 1.165) is 38.5 Å². The van der Waals surface area contributed by atoms with E-state index in [1.807, 2.05) is 0 Å². The predicted molar refractivity (Wildman–Crippen MR) is 337 cm³/mol. The highest BCUT2D eigenvalue weighted by molar-refractivity contribution is 5.99. The van der Waals surface area contributed by atoms with Crippen LogP contribution in [0.3, 0.4) is 0 Å². The van der Waals surface area contributed by atoms with Gasteiger partial charge < -0.3 is 51.0 Å². The number of carbonyl (C=O) groups excluding carboxylic acids is 10. The number of nitrogens with two attached hydrogens (primary N) is 2. The summed E-state index contributed by atoms with van der Waals surface area (Å²) in [4.78, 5) is 136. The number of ether oxygens (including phenoxy) is 3. The molecule has 23 nitrogen and oxygen atoms in total. The molecule has 1 heterocycles. The van der Waals surface area contributed by atoms with Crippen LogP contribution >= 0.6 is 0 Å². The Labute approximate surface area is 524 Å². The normalized spacial score (nSPS) is 16.2. The quantitative estimate of drug-likeness (QED) is 0.00943. The van der Waals surface area contributed by atoms with Gasteiger partial charge >= 0.3 is 23.9 Å². The molecule has 11 N–H and O–H groups in total. The highest BCUT2D eigenvalue weighted by atomic mass is 16.6. The Hall–Kier alpha value is -6.81. The van der Waals surface area contributed by atoms with Crippen LogP contribution in [0.4, 0.5) is 0 Å². The summed E-state index contributed by atoms with van der Waals surface area (Å²) < 4.78 is 16.6. The highest BCUT2D eigenvalue weighted by Crippen LogP contribution is 2.17. The molecule has 0 saturated heterocycles. The van der Waals surface area contributed by atoms with Gasteiger partial charge in [-0.3, -0.25) is 64.4 Å². The minimum Gasteiger partial charge on any atom is -0.462 e. The summed E-state index contributed by atoms with van der Waals surface area (Å²) in [6.07, 6.45) is 29.0. The maximum Gasteiger partial charge on any atom is 0.338 e. The second-order valence-electron chi connectivity index (χ2n) is 23.2. The number of carbonyl (C=O) groups is 10. The molecule has 7 amide bonds. The molecule has 2 rings (SSSR count). The first-order valence-electron chi connectivity index (χ1n) is 33.1. The molecule has 0 radical (unpaired) electrons. The lowest BCUT2D eigenvalue weighted by atomic mass is 10.0. The molecule has 0 saturated carbocycles. The smallest absolute Gasteiger partial charge is 0.338 e. The average Bonchev–Trinajstić information content (AvgIpc) is 3.59. The van der Waals surface area contributed by atoms with Crippen molar-refractivity contribution in [2.24, 2.45) is 11.5 Å². The molecule has 0 aliphatic carbocycles. The van der Waals surface area contributed by atoms with Gasteiger partial charge in [0.15, 0.2) is 6.10 Å². The Balaban J connectivity index is 1.96. The van der Waals surface area contributed by atoms with Crippen molar-refractivity contribution < 1.29 is 67.1 Å². The molecule has 4 atom stereocenters. The Morgan fingerprint density at radius 2 is 1.09 bits per heavy atom. The SMILES string of the molecule is CCCCCCCCCCCCCCCC(=O)OCC(COC(=O)CCC(=O)NCNC(=O)C[C@@H]1NC(=O)CNC(=O)[C@H](CCC[NH+]=C(N)N)N(C)C(=O)[C@@H](CC)NC(=O)c2cccc(c2)CNC1=O)OC(=O)CCCCCCCCCCCCCCC. The number of benzene rings is 1. The lowest BCUT2D eigenvalue weighted by Gasteiger charge is -2.30. The number of rotatable bonds is 45. The van der Waals surface area contributed by atoms with Crippen molar-refractivity contribution in [2.45, 2.75) is 270 Å². The van der Waals surface area contributed by atoms with Gasteiger partial charge in [-0.1, -0.05) is 187 Å². The summed E-state index contributed by atoms with van der Waals surface area (Å²) in [6, 6.07) is 2.69. The number of fused-ring (bicyclic) bond motifs is 2. The fourth-order valence-electron chi connectivity index (χ4n) is 10.1. The van der Waals surface area contributed by atoms with Gasteiger partial charge in [-0.15, -0.1) is 0 Å². The van der Waals surface area contributed by atoms with Crippen LogP contribution in [0.25, 0.3) is 0 Å². The molecule has 88 heavy (non-hydrogen) atoms. The molecule has 1 aromatic carbocycles. The summed E-state index contributed by atoms with van der Waals surface area (Å²) in [5, 5.41) is 15.3. The largest absolute Gasteiger partial charge is 0.462 e. The first-order valence-corrected chi connectivity index (χ1v) is 33.1. The Bertz CT molecular complexity index is 2260. The molecule has 1 unspecified atom stereocenters. The van der Waals surface area contributed by atoms with E-state index in [4.69, 9.17) is 25.7 Å². The van der Waals surface area contributed by atoms with Crippen LogP contribution in [-0.2, 0) is 63.9 Å². The number of likely N-dealkylation sites (N-methyl/N-ethyl adjacent to an activating group) is 1. The van der Waals surface area contributed by atoms with E-state index in [1.54, 1.807) is 19.1 Å². The fourth-order valence-corrected chi connectivity index (χ4v) is 10.1. The third kappa shape index (κ3) is 37.8. The minimum absolute atomic E-state index is 0.0366.